The second-order valence-corrected chi connectivity index (χ2v) is 8.25. The number of hydrogen-bond donors (Lipinski definition) is 0. The Bertz CT molecular complexity index is 690. The van der Waals surface area contributed by atoms with Crippen molar-refractivity contribution in [3.63, 3.8) is 0 Å². The summed E-state index contributed by atoms with van der Waals surface area (Å²) in [5.74, 6) is -1.63. The van der Waals surface area contributed by atoms with Crippen LogP contribution in [-0.4, -0.2) is 42.5 Å². The maximum absolute atomic E-state index is 13.2. The van der Waals surface area contributed by atoms with E-state index in [0.717, 1.165) is 0 Å². The van der Waals surface area contributed by atoms with Crippen molar-refractivity contribution in [3.8, 4) is 0 Å². The summed E-state index contributed by atoms with van der Waals surface area (Å²) in [7, 11) is 0. The molecular weight excluding hydrogens is 352 g/mol. The summed E-state index contributed by atoms with van der Waals surface area (Å²) in [6, 6.07) is 0. The molecule has 0 spiro atoms. The fraction of sp³-hybridized carbons (Fsp3) is 0.700. The molecule has 0 heterocycles. The predicted molar refractivity (Wildman–Crippen MR) is 95.4 cm³/mol. The van der Waals surface area contributed by atoms with E-state index in [1.807, 2.05) is 20.8 Å². The number of fused-ring (bicyclic) bond motifs is 1. The van der Waals surface area contributed by atoms with Crippen LogP contribution in [0.4, 0.5) is 0 Å². The van der Waals surface area contributed by atoms with Gasteiger partial charge in [-0.05, 0) is 12.3 Å². The summed E-state index contributed by atoms with van der Waals surface area (Å²) >= 11 is 0. The zero-order valence-corrected chi connectivity index (χ0v) is 16.8. The van der Waals surface area contributed by atoms with Gasteiger partial charge in [-0.15, -0.1) is 0 Å². The maximum atomic E-state index is 13.2. The second kappa shape index (κ2) is 7.44. The molecule has 0 aromatic heterocycles. The summed E-state index contributed by atoms with van der Waals surface area (Å²) in [6.07, 6.45) is 1.26. The van der Waals surface area contributed by atoms with Gasteiger partial charge in [0.05, 0.1) is 0 Å². The highest BCUT2D eigenvalue weighted by Gasteiger charge is 2.61. The molecule has 0 aromatic carbocycles. The van der Waals surface area contributed by atoms with Crippen LogP contribution < -0.4 is 0 Å². The molecule has 0 bridgehead atoms. The van der Waals surface area contributed by atoms with Crippen LogP contribution in [0.15, 0.2) is 11.6 Å². The molecule has 0 radical (unpaired) electrons. The molecule has 0 aliphatic heterocycles. The molecule has 0 unspecified atom stereocenters. The molecule has 150 valence electrons. The first-order valence-corrected chi connectivity index (χ1v) is 9.11. The summed E-state index contributed by atoms with van der Waals surface area (Å²) in [5.41, 5.74) is -0.963. The van der Waals surface area contributed by atoms with Crippen LogP contribution in [0.25, 0.3) is 0 Å². The molecule has 7 nitrogen and oxygen atoms in total. The average Bonchev–Trinajstić information content (AvgIpc) is 2.51. The van der Waals surface area contributed by atoms with E-state index in [1.54, 1.807) is 6.08 Å². The lowest BCUT2D eigenvalue weighted by atomic mass is 9.50. The Balaban J connectivity index is 2.42. The van der Waals surface area contributed by atoms with E-state index in [9.17, 15) is 19.2 Å². The smallest absolute Gasteiger partial charge is 0.303 e. The Morgan fingerprint density at radius 2 is 1.63 bits per heavy atom. The van der Waals surface area contributed by atoms with E-state index >= 15 is 0 Å². The van der Waals surface area contributed by atoms with E-state index < -0.39 is 40.9 Å². The Morgan fingerprint density at radius 3 is 2.15 bits per heavy atom. The van der Waals surface area contributed by atoms with Crippen molar-refractivity contribution < 1.29 is 33.4 Å². The van der Waals surface area contributed by atoms with Crippen molar-refractivity contribution in [3.05, 3.63) is 11.6 Å². The SMILES string of the molecule is CC(=O)OCC1=CC[C@H]2C(C)(C)[C@@H](OC(C)=O)[C@H](OC(C)=O)C[C@]2(C)C1=O. The van der Waals surface area contributed by atoms with Gasteiger partial charge in [0.25, 0.3) is 0 Å². The minimum absolute atomic E-state index is 0.0670. The van der Waals surface area contributed by atoms with Crippen LogP contribution in [-0.2, 0) is 33.4 Å². The lowest BCUT2D eigenvalue weighted by Gasteiger charge is -2.56. The summed E-state index contributed by atoms with van der Waals surface area (Å²) in [6.45, 7) is 9.54. The molecule has 2 rings (SSSR count). The first-order valence-electron chi connectivity index (χ1n) is 9.11. The number of hydrogen-bond acceptors (Lipinski definition) is 7. The van der Waals surface area contributed by atoms with Crippen molar-refractivity contribution in [2.24, 2.45) is 16.7 Å². The van der Waals surface area contributed by atoms with E-state index in [0.29, 0.717) is 12.0 Å². The average molecular weight is 380 g/mol. The minimum Gasteiger partial charge on any atom is -0.461 e. The van der Waals surface area contributed by atoms with Gasteiger partial charge < -0.3 is 14.2 Å². The Labute approximate surface area is 159 Å². The first-order chi connectivity index (χ1) is 12.4. The van der Waals surface area contributed by atoms with E-state index in [2.05, 4.69) is 0 Å². The third-order valence-electron chi connectivity index (χ3n) is 5.81. The maximum Gasteiger partial charge on any atom is 0.303 e. The summed E-state index contributed by atoms with van der Waals surface area (Å²) in [5, 5.41) is 0. The van der Waals surface area contributed by atoms with Crippen LogP contribution in [0.3, 0.4) is 0 Å². The number of esters is 3. The second-order valence-electron chi connectivity index (χ2n) is 8.25. The number of carbonyl (C=O) groups is 4. The molecule has 0 amide bonds. The topological polar surface area (TPSA) is 96.0 Å². The molecule has 27 heavy (non-hydrogen) atoms. The van der Waals surface area contributed by atoms with E-state index in [4.69, 9.17) is 14.2 Å². The number of ether oxygens (including phenoxy) is 3. The molecule has 1 saturated carbocycles. The zero-order chi connectivity index (χ0) is 20.6. The van der Waals surface area contributed by atoms with E-state index in [1.165, 1.54) is 20.8 Å². The number of Topliss-reactive ketones (excluding diaryl/α,β-unsaturated/α-hetero) is 1. The molecule has 2 aliphatic rings. The quantitative estimate of drug-likeness (QED) is 0.546. The van der Waals surface area contributed by atoms with Gasteiger partial charge in [0.15, 0.2) is 5.78 Å². The van der Waals surface area contributed by atoms with Crippen LogP contribution >= 0.6 is 0 Å². The highest BCUT2D eigenvalue weighted by atomic mass is 16.6. The zero-order valence-electron chi connectivity index (χ0n) is 16.8. The van der Waals surface area contributed by atoms with Crippen LogP contribution in [0, 0.1) is 16.7 Å². The van der Waals surface area contributed by atoms with Crippen molar-refractivity contribution in [2.45, 2.75) is 66.6 Å². The van der Waals surface area contributed by atoms with Crippen molar-refractivity contribution >= 4 is 23.7 Å². The Kier molecular flexibility index (Phi) is 5.82. The molecule has 7 heteroatoms. The molecule has 1 fully saturated rings. The van der Waals surface area contributed by atoms with Gasteiger partial charge in [-0.2, -0.15) is 0 Å². The number of allylic oxidation sites excluding steroid dienone is 1. The van der Waals surface area contributed by atoms with Gasteiger partial charge in [-0.3, -0.25) is 19.2 Å². The molecular formula is C20H28O7. The van der Waals surface area contributed by atoms with Gasteiger partial charge in [-0.25, -0.2) is 0 Å². The third kappa shape index (κ3) is 4.06. The Morgan fingerprint density at radius 1 is 1.04 bits per heavy atom. The highest BCUT2D eigenvalue weighted by Crippen LogP contribution is 2.57. The van der Waals surface area contributed by atoms with Gasteiger partial charge in [0, 0.05) is 43.6 Å². The fourth-order valence-electron chi connectivity index (χ4n) is 4.73. The van der Waals surface area contributed by atoms with Gasteiger partial charge in [0.2, 0.25) is 0 Å². The van der Waals surface area contributed by atoms with Gasteiger partial charge >= 0.3 is 17.9 Å². The van der Waals surface area contributed by atoms with Crippen LogP contribution in [0.2, 0.25) is 0 Å². The first kappa shape index (κ1) is 21.1. The minimum atomic E-state index is -0.815. The molecule has 2 aliphatic carbocycles. The lowest BCUT2D eigenvalue weighted by Crippen LogP contribution is -2.61. The van der Waals surface area contributed by atoms with Crippen LogP contribution in [0.5, 0.6) is 0 Å². The molecule has 4 atom stereocenters. The number of rotatable bonds is 4. The van der Waals surface area contributed by atoms with Crippen molar-refractivity contribution in [1.82, 2.24) is 0 Å². The summed E-state index contributed by atoms with van der Waals surface area (Å²) in [4.78, 5) is 47.6. The monoisotopic (exact) mass is 380 g/mol. The molecule has 0 N–H and O–H groups in total. The molecule has 0 saturated heterocycles. The van der Waals surface area contributed by atoms with Gasteiger partial charge in [-0.1, -0.05) is 26.8 Å². The summed E-state index contributed by atoms with van der Waals surface area (Å²) < 4.78 is 16.0. The largest absolute Gasteiger partial charge is 0.461 e. The lowest BCUT2D eigenvalue weighted by molar-refractivity contribution is -0.206. The number of carbonyl (C=O) groups excluding carboxylic acids is 4. The number of ketones is 1. The standard InChI is InChI=1S/C20H28O7/c1-11(21)25-10-14-7-8-16-19(4,5)18(27-13(3)23)15(26-12(2)22)9-20(16,6)17(14)24/h7,15-16,18H,8-10H2,1-6H3/t15-,16+,18+,20+/m1/s1. The predicted octanol–water partition coefficient (Wildman–Crippen LogP) is 2.36. The third-order valence-corrected chi connectivity index (χ3v) is 5.81. The normalized spacial score (nSPS) is 32.0. The highest BCUT2D eigenvalue weighted by molar-refractivity contribution is 6.01. The van der Waals surface area contributed by atoms with Crippen LogP contribution in [0.1, 0.15) is 54.4 Å². The van der Waals surface area contributed by atoms with Crippen molar-refractivity contribution in [2.75, 3.05) is 6.61 Å². The Hall–Kier alpha value is -2.18. The van der Waals surface area contributed by atoms with E-state index in [-0.39, 0.29) is 24.7 Å². The van der Waals surface area contributed by atoms with Crippen molar-refractivity contribution in [1.29, 1.82) is 0 Å². The molecule has 0 aromatic rings. The van der Waals surface area contributed by atoms with Gasteiger partial charge in [0.1, 0.15) is 18.8 Å². The fourth-order valence-corrected chi connectivity index (χ4v) is 4.73.